The summed E-state index contributed by atoms with van der Waals surface area (Å²) >= 11 is 0. The van der Waals surface area contributed by atoms with Crippen LogP contribution in [0.25, 0.3) is 0 Å². The van der Waals surface area contributed by atoms with Crippen molar-refractivity contribution < 1.29 is 0 Å². The Morgan fingerprint density at radius 2 is 2.29 bits per heavy atom. The number of rotatable bonds is 2. The van der Waals surface area contributed by atoms with E-state index in [1.54, 1.807) is 0 Å². The fourth-order valence-corrected chi connectivity index (χ4v) is 1.80. The van der Waals surface area contributed by atoms with Gasteiger partial charge in [-0.3, -0.25) is 0 Å². The average Bonchev–Trinajstić information content (AvgIpc) is 2.72. The van der Waals surface area contributed by atoms with Gasteiger partial charge in [0.1, 0.15) is 5.82 Å². The molecule has 0 aromatic carbocycles. The molecule has 0 spiro atoms. The van der Waals surface area contributed by atoms with Gasteiger partial charge in [-0.25, -0.2) is 0 Å². The molecule has 0 fully saturated rings. The first-order valence-corrected chi connectivity index (χ1v) is 4.73. The van der Waals surface area contributed by atoms with Crippen molar-refractivity contribution in [1.82, 2.24) is 14.8 Å². The molecule has 0 saturated heterocycles. The second-order valence-corrected chi connectivity index (χ2v) is 3.58. The van der Waals surface area contributed by atoms with Crippen molar-refractivity contribution in [2.75, 3.05) is 12.4 Å². The Hall–Kier alpha value is -1.36. The normalized spacial score (nSPS) is 25.6. The van der Waals surface area contributed by atoms with Crippen LogP contribution in [0.3, 0.4) is 0 Å². The molecule has 0 saturated carbocycles. The lowest BCUT2D eigenvalue weighted by Crippen LogP contribution is -2.15. The van der Waals surface area contributed by atoms with Crippen molar-refractivity contribution in [3.63, 3.8) is 0 Å². The lowest BCUT2D eigenvalue weighted by Gasteiger charge is -2.08. The van der Waals surface area contributed by atoms with Crippen molar-refractivity contribution >= 4 is 5.95 Å². The quantitative estimate of drug-likeness (QED) is 0.660. The molecule has 5 nitrogen and oxygen atoms in total. The highest BCUT2D eigenvalue weighted by atomic mass is 15.3. The molecule has 1 heterocycles. The third-order valence-electron chi connectivity index (χ3n) is 2.58. The van der Waals surface area contributed by atoms with E-state index in [1.807, 2.05) is 24.7 Å². The SMILES string of the molecule is CNc1nnc(C2C=CC(N)C2)n1C. The zero-order valence-electron chi connectivity index (χ0n) is 8.44. The van der Waals surface area contributed by atoms with Crippen LogP contribution in [0.2, 0.25) is 0 Å². The van der Waals surface area contributed by atoms with E-state index in [1.165, 1.54) is 0 Å². The molecule has 0 aliphatic heterocycles. The summed E-state index contributed by atoms with van der Waals surface area (Å²) in [5.74, 6) is 2.07. The molecule has 5 heteroatoms. The number of allylic oxidation sites excluding steroid dienone is 1. The molecule has 0 bridgehead atoms. The standard InChI is InChI=1S/C9H15N5/c1-11-9-13-12-8(14(9)2)6-3-4-7(10)5-6/h3-4,6-7H,5,10H2,1-2H3,(H,11,13). The van der Waals surface area contributed by atoms with Gasteiger partial charge in [-0.05, 0) is 6.42 Å². The second-order valence-electron chi connectivity index (χ2n) is 3.58. The van der Waals surface area contributed by atoms with Gasteiger partial charge in [0.2, 0.25) is 5.95 Å². The van der Waals surface area contributed by atoms with Crippen LogP contribution >= 0.6 is 0 Å². The van der Waals surface area contributed by atoms with E-state index in [4.69, 9.17) is 5.73 Å². The lowest BCUT2D eigenvalue weighted by atomic mass is 10.1. The largest absolute Gasteiger partial charge is 0.357 e. The van der Waals surface area contributed by atoms with E-state index < -0.39 is 0 Å². The maximum Gasteiger partial charge on any atom is 0.224 e. The molecule has 1 aromatic rings. The molecule has 1 aliphatic carbocycles. The number of anilines is 1. The number of aromatic nitrogens is 3. The first-order valence-electron chi connectivity index (χ1n) is 4.73. The molecule has 2 rings (SSSR count). The molecule has 1 aromatic heterocycles. The summed E-state index contributed by atoms with van der Waals surface area (Å²) in [5.41, 5.74) is 5.79. The van der Waals surface area contributed by atoms with E-state index >= 15 is 0 Å². The van der Waals surface area contributed by atoms with Crippen LogP contribution in [0.15, 0.2) is 12.2 Å². The van der Waals surface area contributed by atoms with Crippen LogP contribution in [0, 0.1) is 0 Å². The summed E-state index contributed by atoms with van der Waals surface area (Å²) in [6, 6.07) is 0.162. The third-order valence-corrected chi connectivity index (χ3v) is 2.58. The Labute approximate surface area is 83.0 Å². The molecule has 2 atom stereocenters. The van der Waals surface area contributed by atoms with Crippen LogP contribution in [0.5, 0.6) is 0 Å². The molecular weight excluding hydrogens is 178 g/mol. The van der Waals surface area contributed by atoms with E-state index in [-0.39, 0.29) is 6.04 Å². The summed E-state index contributed by atoms with van der Waals surface area (Å²) in [7, 11) is 3.79. The maximum atomic E-state index is 5.79. The van der Waals surface area contributed by atoms with Gasteiger partial charge >= 0.3 is 0 Å². The highest BCUT2D eigenvalue weighted by Gasteiger charge is 2.22. The van der Waals surface area contributed by atoms with Gasteiger partial charge in [-0.1, -0.05) is 12.2 Å². The highest BCUT2D eigenvalue weighted by Crippen LogP contribution is 2.26. The van der Waals surface area contributed by atoms with Crippen LogP contribution in [0.4, 0.5) is 5.95 Å². The number of nitrogens with two attached hydrogens (primary N) is 1. The Kier molecular flexibility index (Phi) is 2.25. The zero-order chi connectivity index (χ0) is 10.1. The molecule has 0 amide bonds. The van der Waals surface area contributed by atoms with E-state index in [0.717, 1.165) is 18.2 Å². The highest BCUT2D eigenvalue weighted by molar-refractivity contribution is 5.28. The van der Waals surface area contributed by atoms with Gasteiger partial charge < -0.3 is 15.6 Å². The van der Waals surface area contributed by atoms with Gasteiger partial charge in [0.25, 0.3) is 0 Å². The molecule has 14 heavy (non-hydrogen) atoms. The Morgan fingerprint density at radius 1 is 1.50 bits per heavy atom. The number of hydrogen-bond acceptors (Lipinski definition) is 4. The van der Waals surface area contributed by atoms with Crippen molar-refractivity contribution in [3.05, 3.63) is 18.0 Å². The Balaban J connectivity index is 2.25. The van der Waals surface area contributed by atoms with Crippen LogP contribution in [0.1, 0.15) is 18.2 Å². The van der Waals surface area contributed by atoms with Crippen LogP contribution < -0.4 is 11.1 Å². The van der Waals surface area contributed by atoms with Gasteiger partial charge in [0.15, 0.2) is 0 Å². The van der Waals surface area contributed by atoms with E-state index in [9.17, 15) is 0 Å². The van der Waals surface area contributed by atoms with Crippen molar-refractivity contribution in [2.24, 2.45) is 12.8 Å². The smallest absolute Gasteiger partial charge is 0.224 e. The van der Waals surface area contributed by atoms with Gasteiger partial charge in [-0.2, -0.15) is 0 Å². The first kappa shape index (κ1) is 9.21. The fourth-order valence-electron chi connectivity index (χ4n) is 1.80. The summed E-state index contributed by atoms with van der Waals surface area (Å²) in [6.45, 7) is 0. The minimum absolute atomic E-state index is 0.162. The molecule has 0 radical (unpaired) electrons. The first-order chi connectivity index (χ1) is 6.72. The minimum Gasteiger partial charge on any atom is -0.357 e. The number of hydrogen-bond donors (Lipinski definition) is 2. The van der Waals surface area contributed by atoms with Crippen molar-refractivity contribution in [3.8, 4) is 0 Å². The summed E-state index contributed by atoms with van der Waals surface area (Å²) in [6.07, 6.45) is 5.06. The Morgan fingerprint density at radius 3 is 2.79 bits per heavy atom. The van der Waals surface area contributed by atoms with E-state index in [0.29, 0.717) is 5.92 Å². The fraction of sp³-hybridized carbons (Fsp3) is 0.556. The number of nitrogens with zero attached hydrogens (tertiary/aromatic N) is 3. The predicted molar refractivity (Wildman–Crippen MR) is 55.0 cm³/mol. The zero-order valence-corrected chi connectivity index (χ0v) is 8.44. The summed E-state index contributed by atoms with van der Waals surface area (Å²) < 4.78 is 1.97. The second kappa shape index (κ2) is 3.42. The van der Waals surface area contributed by atoms with Crippen LogP contribution in [-0.4, -0.2) is 27.9 Å². The van der Waals surface area contributed by atoms with Crippen molar-refractivity contribution in [1.29, 1.82) is 0 Å². The molecular formula is C9H15N5. The lowest BCUT2D eigenvalue weighted by molar-refractivity contribution is 0.649. The summed E-state index contributed by atoms with van der Waals surface area (Å²) in [5, 5.41) is 11.2. The topological polar surface area (TPSA) is 68.8 Å². The summed E-state index contributed by atoms with van der Waals surface area (Å²) in [4.78, 5) is 0. The molecule has 3 N–H and O–H groups in total. The molecule has 76 valence electrons. The minimum atomic E-state index is 0.162. The molecule has 1 aliphatic rings. The third kappa shape index (κ3) is 1.39. The maximum absolute atomic E-state index is 5.79. The van der Waals surface area contributed by atoms with Crippen molar-refractivity contribution in [2.45, 2.75) is 18.4 Å². The Bertz CT molecular complexity index is 354. The van der Waals surface area contributed by atoms with Gasteiger partial charge in [0.05, 0.1) is 0 Å². The number of nitrogens with one attached hydrogen (secondary N) is 1. The molecule has 2 unspecified atom stereocenters. The van der Waals surface area contributed by atoms with Crippen LogP contribution in [-0.2, 0) is 7.05 Å². The average molecular weight is 193 g/mol. The van der Waals surface area contributed by atoms with Gasteiger partial charge in [0, 0.05) is 26.1 Å². The van der Waals surface area contributed by atoms with Gasteiger partial charge in [-0.15, -0.1) is 10.2 Å². The predicted octanol–water partition coefficient (Wildman–Crippen LogP) is 0.228. The monoisotopic (exact) mass is 193 g/mol. The van der Waals surface area contributed by atoms with E-state index in [2.05, 4.69) is 21.6 Å².